The van der Waals surface area contributed by atoms with Crippen molar-refractivity contribution in [2.24, 2.45) is 0 Å². The molecule has 0 aliphatic carbocycles. The third kappa shape index (κ3) is 6.48. The Morgan fingerprint density at radius 2 is 1.48 bits per heavy atom. The van der Waals surface area contributed by atoms with E-state index in [0.717, 1.165) is 48.4 Å². The number of ether oxygens (including phenoxy) is 3. The standard InChI is InChI=1S/C35H33NO5S/c37-24-26-9-11-28(12-10-26)35-34(41-30-15-13-29(14-16-30)39-22-21-36-19-5-2-6-20-36)32-18-17-31(23-33(32)42(35)38)40-25-27-7-3-1-4-8-27/h1,3-4,7-18,23-24H,2,5-6,19-22,25H2. The van der Waals surface area contributed by atoms with Gasteiger partial charge in [-0.15, -0.1) is 0 Å². The van der Waals surface area contributed by atoms with E-state index in [1.807, 2.05) is 72.8 Å². The molecule has 6 rings (SSSR count). The first-order valence-electron chi connectivity index (χ1n) is 14.3. The molecular weight excluding hydrogens is 546 g/mol. The highest BCUT2D eigenvalue weighted by Gasteiger charge is 2.32. The number of likely N-dealkylation sites (tertiary alicyclic amines) is 1. The lowest BCUT2D eigenvalue weighted by Gasteiger charge is -2.26. The Bertz CT molecular complexity index is 1580. The number of hydrogen-bond donors (Lipinski definition) is 0. The number of carbonyl (C=O) groups is 1. The van der Waals surface area contributed by atoms with Gasteiger partial charge in [-0.2, -0.15) is 0 Å². The van der Waals surface area contributed by atoms with Gasteiger partial charge in [0.05, 0.1) is 20.6 Å². The number of nitrogens with zero attached hydrogens (tertiary/aromatic N) is 1. The summed E-state index contributed by atoms with van der Waals surface area (Å²) >= 11 is 0. The summed E-state index contributed by atoms with van der Waals surface area (Å²) in [5, 5.41) is 0. The molecule has 2 heterocycles. The number of benzene rings is 4. The fraction of sp³-hybridized carbons (Fsp3) is 0.229. The van der Waals surface area contributed by atoms with Gasteiger partial charge in [-0.3, -0.25) is 9.69 Å². The summed E-state index contributed by atoms with van der Waals surface area (Å²) in [5.74, 6) is 2.56. The molecule has 6 nitrogen and oxygen atoms in total. The van der Waals surface area contributed by atoms with Crippen molar-refractivity contribution in [1.82, 2.24) is 4.90 Å². The predicted molar refractivity (Wildman–Crippen MR) is 165 cm³/mol. The van der Waals surface area contributed by atoms with Gasteiger partial charge >= 0.3 is 0 Å². The van der Waals surface area contributed by atoms with E-state index in [1.54, 1.807) is 24.3 Å². The quantitative estimate of drug-likeness (QED) is 0.179. The van der Waals surface area contributed by atoms with Crippen LogP contribution < -0.4 is 14.2 Å². The Morgan fingerprint density at radius 3 is 2.21 bits per heavy atom. The third-order valence-electron chi connectivity index (χ3n) is 7.51. The molecule has 2 aliphatic rings. The maximum atomic E-state index is 13.9. The van der Waals surface area contributed by atoms with Gasteiger partial charge in [-0.05, 0) is 79.5 Å². The molecule has 0 amide bonds. The third-order valence-corrected chi connectivity index (χ3v) is 9.04. The Balaban J connectivity index is 1.22. The average molecular weight is 580 g/mol. The van der Waals surface area contributed by atoms with Gasteiger partial charge in [-0.1, -0.05) is 61.0 Å². The molecule has 1 fully saturated rings. The minimum atomic E-state index is -1.51. The van der Waals surface area contributed by atoms with Crippen LogP contribution in [0.25, 0.3) is 10.7 Å². The van der Waals surface area contributed by atoms with Crippen molar-refractivity contribution in [2.45, 2.75) is 30.8 Å². The van der Waals surface area contributed by atoms with Gasteiger partial charge in [0.25, 0.3) is 0 Å². The molecule has 1 atom stereocenters. The van der Waals surface area contributed by atoms with Crippen molar-refractivity contribution in [3.63, 3.8) is 0 Å². The number of rotatable bonds is 11. The fourth-order valence-corrected chi connectivity index (χ4v) is 6.71. The maximum absolute atomic E-state index is 13.9. The second kappa shape index (κ2) is 13.2. The largest absolute Gasteiger partial charge is 0.492 e. The van der Waals surface area contributed by atoms with Crippen LogP contribution in [0, 0.1) is 0 Å². The summed E-state index contributed by atoms with van der Waals surface area (Å²) in [5.41, 5.74) is 3.08. The highest BCUT2D eigenvalue weighted by Crippen LogP contribution is 2.44. The lowest BCUT2D eigenvalue weighted by atomic mass is 10.1. The van der Waals surface area contributed by atoms with E-state index < -0.39 is 10.8 Å². The van der Waals surface area contributed by atoms with Crippen LogP contribution in [-0.2, 0) is 17.4 Å². The number of hydrogen-bond acceptors (Lipinski definition) is 6. The van der Waals surface area contributed by atoms with E-state index in [-0.39, 0.29) is 0 Å². The number of piperidine rings is 1. The molecule has 0 aromatic heterocycles. The van der Waals surface area contributed by atoms with E-state index >= 15 is 0 Å². The molecule has 4 aromatic rings. The summed E-state index contributed by atoms with van der Waals surface area (Å²) in [4.78, 5) is 14.9. The van der Waals surface area contributed by atoms with E-state index in [0.29, 0.717) is 45.8 Å². The Morgan fingerprint density at radius 1 is 0.762 bits per heavy atom. The second-order valence-electron chi connectivity index (χ2n) is 10.4. The zero-order valence-corrected chi connectivity index (χ0v) is 24.2. The van der Waals surface area contributed by atoms with Crippen LogP contribution in [0.2, 0.25) is 0 Å². The van der Waals surface area contributed by atoms with Crippen molar-refractivity contribution in [2.75, 3.05) is 26.2 Å². The first-order valence-corrected chi connectivity index (χ1v) is 15.5. The van der Waals surface area contributed by atoms with Gasteiger partial charge in [0.2, 0.25) is 0 Å². The molecule has 1 saturated heterocycles. The molecule has 7 heteroatoms. The smallest absolute Gasteiger partial charge is 0.152 e. The van der Waals surface area contributed by atoms with Crippen molar-refractivity contribution < 1.29 is 23.2 Å². The molecule has 4 aromatic carbocycles. The monoisotopic (exact) mass is 579 g/mol. The van der Waals surface area contributed by atoms with Crippen LogP contribution in [0.1, 0.15) is 46.3 Å². The van der Waals surface area contributed by atoms with Crippen LogP contribution in [0.3, 0.4) is 0 Å². The van der Waals surface area contributed by atoms with Crippen molar-refractivity contribution in [1.29, 1.82) is 0 Å². The minimum Gasteiger partial charge on any atom is -0.492 e. The highest BCUT2D eigenvalue weighted by atomic mass is 32.2. The van der Waals surface area contributed by atoms with Gasteiger partial charge in [0, 0.05) is 17.7 Å². The lowest BCUT2D eigenvalue weighted by Crippen LogP contribution is -2.33. The molecule has 0 radical (unpaired) electrons. The summed E-state index contributed by atoms with van der Waals surface area (Å²) < 4.78 is 32.3. The van der Waals surface area contributed by atoms with Crippen LogP contribution in [-0.4, -0.2) is 41.6 Å². The highest BCUT2D eigenvalue weighted by molar-refractivity contribution is 7.95. The molecule has 0 spiro atoms. The van der Waals surface area contributed by atoms with E-state index in [2.05, 4.69) is 4.90 Å². The van der Waals surface area contributed by atoms with Crippen LogP contribution >= 0.6 is 0 Å². The molecule has 0 bridgehead atoms. The summed E-state index contributed by atoms with van der Waals surface area (Å²) in [6.07, 6.45) is 4.65. The SMILES string of the molecule is O=Cc1ccc(C2=C(Oc3ccc(OCCN4CCCCC4)cc3)c3ccc(OCc4ccccc4)cc3S2=O)cc1. The predicted octanol–water partition coefficient (Wildman–Crippen LogP) is 6.97. The van der Waals surface area contributed by atoms with Crippen molar-refractivity contribution >= 4 is 27.8 Å². The van der Waals surface area contributed by atoms with Crippen LogP contribution in [0.5, 0.6) is 17.2 Å². The van der Waals surface area contributed by atoms with Crippen molar-refractivity contribution in [3.05, 3.63) is 119 Å². The summed E-state index contributed by atoms with van der Waals surface area (Å²) in [7, 11) is -1.51. The topological polar surface area (TPSA) is 65.1 Å². The first-order chi connectivity index (χ1) is 20.7. The number of carbonyl (C=O) groups excluding carboxylic acids is 1. The van der Waals surface area contributed by atoms with E-state index in [9.17, 15) is 9.00 Å². The lowest BCUT2D eigenvalue weighted by molar-refractivity contribution is 0.112. The summed E-state index contributed by atoms with van der Waals surface area (Å²) in [6.45, 7) is 4.28. The average Bonchev–Trinajstić information content (AvgIpc) is 3.32. The second-order valence-corrected chi connectivity index (χ2v) is 11.8. The Kier molecular flexibility index (Phi) is 8.78. The normalized spacial score (nSPS) is 16.6. The van der Waals surface area contributed by atoms with Gasteiger partial charge in [-0.25, -0.2) is 4.21 Å². The molecule has 2 aliphatic heterocycles. The molecular formula is C35H33NO5S. The van der Waals surface area contributed by atoms with Gasteiger partial charge < -0.3 is 14.2 Å². The Hall–Kier alpha value is -4.20. The number of aldehydes is 1. The van der Waals surface area contributed by atoms with Crippen LogP contribution in [0.4, 0.5) is 0 Å². The zero-order valence-electron chi connectivity index (χ0n) is 23.4. The molecule has 0 saturated carbocycles. The van der Waals surface area contributed by atoms with E-state index in [4.69, 9.17) is 14.2 Å². The van der Waals surface area contributed by atoms with Crippen molar-refractivity contribution in [3.8, 4) is 17.2 Å². The van der Waals surface area contributed by atoms with Gasteiger partial charge in [0.15, 0.2) is 5.76 Å². The van der Waals surface area contributed by atoms with Crippen LogP contribution in [0.15, 0.2) is 102 Å². The van der Waals surface area contributed by atoms with E-state index in [1.165, 1.54) is 19.3 Å². The Labute approximate surface area is 249 Å². The first kappa shape index (κ1) is 27.9. The number of fused-ring (bicyclic) bond motifs is 1. The summed E-state index contributed by atoms with van der Waals surface area (Å²) in [6, 6.07) is 30.1. The maximum Gasteiger partial charge on any atom is 0.152 e. The fourth-order valence-electron chi connectivity index (χ4n) is 5.24. The van der Waals surface area contributed by atoms with Gasteiger partial charge in [0.1, 0.15) is 36.7 Å². The minimum absolute atomic E-state index is 0.412. The molecule has 214 valence electrons. The molecule has 1 unspecified atom stereocenters. The zero-order chi connectivity index (χ0) is 28.7. The molecule has 42 heavy (non-hydrogen) atoms. The molecule has 0 N–H and O–H groups in total.